The molecule has 0 bridgehead atoms. The molecule has 38 heavy (non-hydrogen) atoms. The van der Waals surface area contributed by atoms with Gasteiger partial charge in [0.2, 0.25) is 5.91 Å². The van der Waals surface area contributed by atoms with E-state index in [0.717, 1.165) is 27.2 Å². The van der Waals surface area contributed by atoms with Crippen molar-refractivity contribution < 1.29 is 123 Å². The van der Waals surface area contributed by atoms with Crippen LogP contribution in [0.2, 0.25) is 0 Å². The van der Waals surface area contributed by atoms with Gasteiger partial charge in [-0.2, -0.15) is 0 Å². The molecule has 0 aliphatic heterocycles. The fraction of sp³-hybridized carbons (Fsp3) is 0.846. The van der Waals surface area contributed by atoms with Crippen LogP contribution in [0, 0.1) is 0 Å². The topological polar surface area (TPSA) is 176 Å². The molecule has 0 atom stereocenters. The number of nitrogens with two attached hydrogens (primary N) is 1. The van der Waals surface area contributed by atoms with Crippen molar-refractivity contribution in [2.24, 2.45) is 5.73 Å². The van der Waals surface area contributed by atoms with Gasteiger partial charge in [-0.1, -0.05) is 96.8 Å². The zero-order valence-electron chi connectivity index (χ0n) is 25.7. The summed E-state index contributed by atoms with van der Waals surface area (Å²) in [6.45, 7) is 6.34. The Kier molecular flexibility index (Phi) is 73.1. The fourth-order valence-corrected chi connectivity index (χ4v) is 2.96. The number of carbonyl (C=O) groups is 4. The van der Waals surface area contributed by atoms with Crippen LogP contribution in [0.5, 0.6) is 0 Å². The minimum Gasteiger partial charge on any atom is -0.550 e. The average Bonchev–Trinajstić information content (AvgIpc) is 2.74. The van der Waals surface area contributed by atoms with Gasteiger partial charge in [-0.25, -0.2) is 0 Å². The molecule has 0 aliphatic carbocycles. The van der Waals surface area contributed by atoms with Gasteiger partial charge < -0.3 is 40.8 Å². The van der Waals surface area contributed by atoms with E-state index in [9.17, 15) is 4.79 Å². The number of hydrogen-bond acceptors (Lipinski definition) is 8. The van der Waals surface area contributed by atoms with Crippen LogP contribution in [0.15, 0.2) is 0 Å². The molecular formula is C26H51N2Na3O7. The minimum absolute atomic E-state index is 0. The van der Waals surface area contributed by atoms with Crippen molar-refractivity contribution in [1.29, 1.82) is 0 Å². The van der Waals surface area contributed by atoms with Crippen molar-refractivity contribution in [3.8, 4) is 0 Å². The molecule has 0 saturated heterocycles. The van der Waals surface area contributed by atoms with Gasteiger partial charge in [0.15, 0.2) is 0 Å². The molecule has 3 N–H and O–H groups in total. The van der Waals surface area contributed by atoms with Crippen LogP contribution < -0.4 is 115 Å². The number of carboxylic acids is 3. The number of carbonyl (C=O) groups excluding carboxylic acids is 4. The van der Waals surface area contributed by atoms with Crippen molar-refractivity contribution in [1.82, 2.24) is 5.32 Å². The van der Waals surface area contributed by atoms with E-state index in [-0.39, 0.29) is 94.6 Å². The maximum absolute atomic E-state index is 11.4. The maximum Gasteiger partial charge on any atom is 1.00 e. The molecular weight excluding hydrogens is 521 g/mol. The van der Waals surface area contributed by atoms with Crippen LogP contribution in [0.1, 0.15) is 130 Å². The molecule has 0 aliphatic rings. The van der Waals surface area contributed by atoms with Crippen LogP contribution in [0.25, 0.3) is 0 Å². The summed E-state index contributed by atoms with van der Waals surface area (Å²) in [6.07, 6.45) is 21.1. The SMILES string of the molecule is CC(=O)[O-].CC(=O)[O-].CC(=O)[O-].CCCCCCCCCCCCCCCCCC(=O)NCCN.[Na+].[Na+].[Na+]. The third-order valence-corrected chi connectivity index (χ3v) is 4.47. The summed E-state index contributed by atoms with van der Waals surface area (Å²) in [5.74, 6) is -3.09. The molecule has 9 nitrogen and oxygen atoms in total. The average molecular weight is 573 g/mol. The number of rotatable bonds is 18. The summed E-state index contributed by atoms with van der Waals surface area (Å²) < 4.78 is 0. The van der Waals surface area contributed by atoms with E-state index in [1.807, 2.05) is 0 Å². The standard InChI is InChI=1S/C20H42N2O.3C2H4O2.3Na/c1-2-3-4-5-6-7-8-9-10-11-12-13-14-15-16-17-20(23)22-19-18-21;3*1-2(3)4;;;/h2-19,21H2,1H3,(H,22,23);3*1H3,(H,3,4);;;/q;;;;3*+1/p-3. The van der Waals surface area contributed by atoms with Crippen LogP contribution >= 0.6 is 0 Å². The molecule has 0 aromatic rings. The maximum atomic E-state index is 11.4. The van der Waals surface area contributed by atoms with E-state index in [1.54, 1.807) is 0 Å². The van der Waals surface area contributed by atoms with Gasteiger partial charge in [-0.15, -0.1) is 0 Å². The quantitative estimate of drug-likeness (QED) is 0.120. The van der Waals surface area contributed by atoms with Crippen molar-refractivity contribution >= 4 is 23.8 Å². The normalized spacial score (nSPS) is 8.55. The van der Waals surface area contributed by atoms with Crippen molar-refractivity contribution in [2.75, 3.05) is 13.1 Å². The van der Waals surface area contributed by atoms with Gasteiger partial charge in [0.05, 0.1) is 0 Å². The van der Waals surface area contributed by atoms with Gasteiger partial charge in [0.1, 0.15) is 0 Å². The number of unbranched alkanes of at least 4 members (excludes halogenated alkanes) is 14. The Balaban J connectivity index is -0.000000107. The number of aliphatic carboxylic acids is 3. The third-order valence-electron chi connectivity index (χ3n) is 4.47. The van der Waals surface area contributed by atoms with Crippen molar-refractivity contribution in [3.63, 3.8) is 0 Å². The Bertz CT molecular complexity index is 461. The second kappa shape index (κ2) is 50.7. The fourth-order valence-electron chi connectivity index (χ4n) is 2.96. The Morgan fingerprint density at radius 2 is 0.789 bits per heavy atom. The summed E-state index contributed by atoms with van der Waals surface area (Å²) in [5, 5.41) is 29.5. The number of amides is 1. The summed E-state index contributed by atoms with van der Waals surface area (Å²) in [5.41, 5.74) is 5.35. The predicted octanol–water partition coefficient (Wildman–Crippen LogP) is -7.40. The minimum atomic E-state index is -1.08. The van der Waals surface area contributed by atoms with E-state index in [4.69, 9.17) is 35.4 Å². The van der Waals surface area contributed by atoms with Gasteiger partial charge >= 0.3 is 88.7 Å². The molecule has 0 heterocycles. The van der Waals surface area contributed by atoms with Gasteiger partial charge in [-0.3, -0.25) is 4.79 Å². The van der Waals surface area contributed by atoms with Crippen molar-refractivity contribution in [3.05, 3.63) is 0 Å². The Labute approximate surface area is 298 Å². The van der Waals surface area contributed by atoms with Gasteiger partial charge in [-0.05, 0) is 27.2 Å². The van der Waals surface area contributed by atoms with E-state index in [1.165, 1.54) is 89.9 Å². The van der Waals surface area contributed by atoms with E-state index < -0.39 is 17.9 Å². The number of carboxylic acid groups (broad SMARTS) is 3. The number of hydrogen-bond donors (Lipinski definition) is 2. The third kappa shape index (κ3) is 99.2. The first-order valence-electron chi connectivity index (χ1n) is 13.0. The summed E-state index contributed by atoms with van der Waals surface area (Å²) in [4.78, 5) is 38.0. The van der Waals surface area contributed by atoms with E-state index >= 15 is 0 Å². The zero-order chi connectivity index (χ0) is 27.7. The predicted molar refractivity (Wildman–Crippen MR) is 134 cm³/mol. The Morgan fingerprint density at radius 3 is 1.03 bits per heavy atom. The second-order valence-corrected chi connectivity index (χ2v) is 8.31. The largest absolute Gasteiger partial charge is 1.00 e. The molecule has 0 radical (unpaired) electrons. The van der Waals surface area contributed by atoms with Crippen LogP contribution in [0.3, 0.4) is 0 Å². The molecule has 0 unspecified atom stereocenters. The zero-order valence-corrected chi connectivity index (χ0v) is 31.7. The first-order valence-corrected chi connectivity index (χ1v) is 13.0. The molecule has 0 aromatic carbocycles. The first kappa shape index (κ1) is 54.9. The molecule has 0 fully saturated rings. The molecule has 12 heteroatoms. The van der Waals surface area contributed by atoms with Crippen molar-refractivity contribution in [2.45, 2.75) is 130 Å². The van der Waals surface area contributed by atoms with E-state index in [0.29, 0.717) is 19.5 Å². The monoisotopic (exact) mass is 572 g/mol. The number of nitrogens with one attached hydrogen (secondary N) is 1. The smallest absolute Gasteiger partial charge is 0.550 e. The Hall–Kier alpha value is 0.840. The van der Waals surface area contributed by atoms with Crippen LogP contribution in [-0.2, 0) is 19.2 Å². The molecule has 210 valence electrons. The molecule has 0 rings (SSSR count). The molecule has 0 aromatic heterocycles. The first-order chi connectivity index (χ1) is 16.5. The Morgan fingerprint density at radius 1 is 0.553 bits per heavy atom. The molecule has 0 spiro atoms. The van der Waals surface area contributed by atoms with E-state index in [2.05, 4.69) is 12.2 Å². The van der Waals surface area contributed by atoms with Gasteiger partial charge in [0, 0.05) is 37.4 Å². The summed E-state index contributed by atoms with van der Waals surface area (Å²) in [6, 6.07) is 0. The summed E-state index contributed by atoms with van der Waals surface area (Å²) in [7, 11) is 0. The molecule has 1 amide bonds. The summed E-state index contributed by atoms with van der Waals surface area (Å²) >= 11 is 0. The van der Waals surface area contributed by atoms with Crippen LogP contribution in [-0.4, -0.2) is 36.9 Å². The second-order valence-electron chi connectivity index (χ2n) is 8.31. The molecule has 0 saturated carbocycles. The van der Waals surface area contributed by atoms with Gasteiger partial charge in [0.25, 0.3) is 0 Å². The van der Waals surface area contributed by atoms with Crippen LogP contribution in [0.4, 0.5) is 0 Å².